The third-order valence-electron chi connectivity index (χ3n) is 5.66. The van der Waals surface area contributed by atoms with E-state index in [-0.39, 0.29) is 0 Å². The smallest absolute Gasteiger partial charge is 0.122 e. The number of aryl methyl sites for hydroxylation is 2. The molecule has 0 heterocycles. The molecule has 3 rings (SSSR count). The van der Waals surface area contributed by atoms with Gasteiger partial charge in [-0.2, -0.15) is 0 Å². The van der Waals surface area contributed by atoms with Crippen LogP contribution in [0.5, 0.6) is 5.75 Å². The van der Waals surface area contributed by atoms with Gasteiger partial charge in [-0.15, -0.1) is 0 Å². The van der Waals surface area contributed by atoms with Gasteiger partial charge in [-0.1, -0.05) is 99.6 Å². The molecule has 37 heavy (non-hydrogen) atoms. The van der Waals surface area contributed by atoms with Crippen LogP contribution in [0.25, 0.3) is 0 Å². The van der Waals surface area contributed by atoms with Gasteiger partial charge in [0.05, 0.1) is 19.8 Å². The Morgan fingerprint density at radius 2 is 1.32 bits per heavy atom. The van der Waals surface area contributed by atoms with Crippen molar-refractivity contribution in [3.05, 3.63) is 108 Å². The molecule has 0 saturated heterocycles. The topological polar surface area (TPSA) is 27.7 Å². The molecule has 0 aromatic heterocycles. The molecule has 0 aliphatic carbocycles. The maximum atomic E-state index is 5.74. The van der Waals surface area contributed by atoms with Crippen LogP contribution in [0.15, 0.2) is 84.9 Å². The van der Waals surface area contributed by atoms with Gasteiger partial charge in [0.1, 0.15) is 5.75 Å². The van der Waals surface area contributed by atoms with Gasteiger partial charge in [0.2, 0.25) is 0 Å². The second-order valence-corrected chi connectivity index (χ2v) is 9.22. The fraction of sp³-hybridized carbons (Fsp3) is 0.441. The van der Waals surface area contributed by atoms with E-state index in [9.17, 15) is 0 Å². The van der Waals surface area contributed by atoms with Crippen LogP contribution in [-0.2, 0) is 28.7 Å². The number of hydrogen-bond acceptors (Lipinski definition) is 3. The Labute approximate surface area is 227 Å². The second-order valence-electron chi connectivity index (χ2n) is 9.22. The lowest BCUT2D eigenvalue weighted by atomic mass is 10.1. The molecule has 0 unspecified atom stereocenters. The van der Waals surface area contributed by atoms with E-state index in [1.807, 2.05) is 37.8 Å². The molecule has 0 aliphatic heterocycles. The van der Waals surface area contributed by atoms with Crippen molar-refractivity contribution in [1.29, 1.82) is 0 Å². The van der Waals surface area contributed by atoms with Crippen LogP contribution in [0.1, 0.15) is 63.6 Å². The maximum Gasteiger partial charge on any atom is 0.122 e. The Bertz CT molecular complexity index is 878. The first-order valence-corrected chi connectivity index (χ1v) is 13.8. The zero-order valence-electron chi connectivity index (χ0n) is 23.8. The summed E-state index contributed by atoms with van der Waals surface area (Å²) >= 11 is 0. The summed E-state index contributed by atoms with van der Waals surface area (Å²) < 4.78 is 15.8. The summed E-state index contributed by atoms with van der Waals surface area (Å²) in [6.07, 6.45) is 6.53. The van der Waals surface area contributed by atoms with E-state index in [4.69, 9.17) is 14.2 Å². The van der Waals surface area contributed by atoms with Crippen LogP contribution in [0.2, 0.25) is 0 Å². The van der Waals surface area contributed by atoms with E-state index in [1.165, 1.54) is 23.1 Å². The summed E-state index contributed by atoms with van der Waals surface area (Å²) in [7, 11) is 1.73. The first-order chi connectivity index (χ1) is 18.1. The van der Waals surface area contributed by atoms with Gasteiger partial charge in [0.15, 0.2) is 0 Å². The minimum Gasteiger partial charge on any atom is -0.493 e. The standard InChI is InChI=1S/C13H20O.C12H17O.C9H12O/c1-4-12-7-5-6-8-13(12)14-10-9-11(2)3;1-2-13-11-7-6-10-12-8-4-3-5-9-12;1-10-8-7-9-5-3-2-4-6-9/h5-8,11H,4,9-10H2,1-3H3;3-5,8-9,11H,2,6-7,10H2,1H3;2-6H,7-8H2,1H3. The van der Waals surface area contributed by atoms with Gasteiger partial charge in [0.25, 0.3) is 0 Å². The van der Waals surface area contributed by atoms with Gasteiger partial charge < -0.3 is 14.2 Å². The van der Waals surface area contributed by atoms with E-state index in [2.05, 4.69) is 81.4 Å². The summed E-state index contributed by atoms with van der Waals surface area (Å²) in [4.78, 5) is 0. The summed E-state index contributed by atoms with van der Waals surface area (Å²) in [5.41, 5.74) is 4.05. The Morgan fingerprint density at radius 1 is 0.730 bits per heavy atom. The second kappa shape index (κ2) is 22.6. The third kappa shape index (κ3) is 17.5. The molecular weight excluding hydrogens is 456 g/mol. The van der Waals surface area contributed by atoms with Crippen molar-refractivity contribution in [2.45, 2.75) is 66.2 Å². The molecule has 0 saturated carbocycles. The number of para-hydroxylation sites is 1. The molecular formula is C34H49O3. The zero-order valence-corrected chi connectivity index (χ0v) is 23.8. The summed E-state index contributed by atoms with van der Waals surface area (Å²) in [6, 6.07) is 29.2. The predicted octanol–water partition coefficient (Wildman–Crippen LogP) is 8.76. The maximum absolute atomic E-state index is 5.74. The van der Waals surface area contributed by atoms with E-state index >= 15 is 0 Å². The number of unbranched alkanes of at least 4 members (excludes halogenated alkanes) is 1. The average molecular weight is 506 g/mol. The molecule has 0 amide bonds. The number of ether oxygens (including phenoxy) is 3. The largest absolute Gasteiger partial charge is 0.493 e. The van der Waals surface area contributed by atoms with Crippen LogP contribution < -0.4 is 4.74 Å². The summed E-state index contributed by atoms with van der Waals surface area (Å²) in [5.74, 6) is 1.76. The molecule has 3 nitrogen and oxygen atoms in total. The number of methoxy groups -OCH3 is 1. The lowest BCUT2D eigenvalue weighted by molar-refractivity contribution is 0.202. The molecule has 0 fully saturated rings. The highest BCUT2D eigenvalue weighted by atomic mass is 16.5. The van der Waals surface area contributed by atoms with E-state index < -0.39 is 0 Å². The van der Waals surface area contributed by atoms with Crippen molar-refractivity contribution in [3.8, 4) is 5.75 Å². The lowest BCUT2D eigenvalue weighted by Gasteiger charge is -2.11. The van der Waals surface area contributed by atoms with Crippen molar-refractivity contribution in [1.82, 2.24) is 0 Å². The van der Waals surface area contributed by atoms with Crippen molar-refractivity contribution < 1.29 is 14.2 Å². The van der Waals surface area contributed by atoms with E-state index in [1.54, 1.807) is 7.11 Å². The SMILES string of the molecule is CCO[CH]CCCc1ccccc1.CCc1ccccc1OCCC(C)C.COCCc1ccccc1. The van der Waals surface area contributed by atoms with Gasteiger partial charge in [0, 0.05) is 13.7 Å². The van der Waals surface area contributed by atoms with E-state index in [0.717, 1.165) is 57.7 Å². The van der Waals surface area contributed by atoms with Crippen molar-refractivity contribution >= 4 is 0 Å². The average Bonchev–Trinajstić information content (AvgIpc) is 2.94. The normalized spacial score (nSPS) is 10.2. The Balaban J connectivity index is 0.000000281. The van der Waals surface area contributed by atoms with Gasteiger partial charge in [-0.25, -0.2) is 0 Å². The summed E-state index contributed by atoms with van der Waals surface area (Å²) in [6.45, 7) is 12.9. The van der Waals surface area contributed by atoms with Gasteiger partial charge in [-0.05, 0) is 74.1 Å². The molecule has 0 atom stereocenters. The monoisotopic (exact) mass is 505 g/mol. The van der Waals surface area contributed by atoms with Crippen molar-refractivity contribution in [3.63, 3.8) is 0 Å². The van der Waals surface area contributed by atoms with Crippen molar-refractivity contribution in [2.24, 2.45) is 5.92 Å². The van der Waals surface area contributed by atoms with Crippen LogP contribution >= 0.6 is 0 Å². The first kappa shape index (κ1) is 32.4. The molecule has 203 valence electrons. The van der Waals surface area contributed by atoms with Gasteiger partial charge >= 0.3 is 0 Å². The number of benzene rings is 3. The molecule has 0 spiro atoms. The van der Waals surface area contributed by atoms with Crippen LogP contribution in [-0.4, -0.2) is 26.9 Å². The molecule has 0 N–H and O–H groups in total. The molecule has 0 aliphatic rings. The highest BCUT2D eigenvalue weighted by Gasteiger charge is 2.01. The quantitative estimate of drug-likeness (QED) is 0.205. The highest BCUT2D eigenvalue weighted by molar-refractivity contribution is 5.33. The third-order valence-corrected chi connectivity index (χ3v) is 5.66. The fourth-order valence-corrected chi connectivity index (χ4v) is 3.44. The molecule has 0 bridgehead atoms. The van der Waals surface area contributed by atoms with Crippen LogP contribution in [0.4, 0.5) is 0 Å². The Morgan fingerprint density at radius 3 is 1.89 bits per heavy atom. The highest BCUT2D eigenvalue weighted by Crippen LogP contribution is 2.18. The van der Waals surface area contributed by atoms with Crippen molar-refractivity contribution in [2.75, 3.05) is 26.9 Å². The molecule has 3 aromatic carbocycles. The number of rotatable bonds is 14. The Kier molecular flexibility index (Phi) is 19.8. The predicted molar refractivity (Wildman–Crippen MR) is 158 cm³/mol. The van der Waals surface area contributed by atoms with Gasteiger partial charge in [-0.3, -0.25) is 0 Å². The summed E-state index contributed by atoms with van der Waals surface area (Å²) in [5, 5.41) is 0. The zero-order chi connectivity index (χ0) is 27.0. The van der Waals surface area contributed by atoms with Crippen LogP contribution in [0, 0.1) is 12.5 Å². The number of hydrogen-bond donors (Lipinski definition) is 0. The minimum atomic E-state index is 0.712. The Hall–Kier alpha value is -2.62. The fourth-order valence-electron chi connectivity index (χ4n) is 3.44. The van der Waals surface area contributed by atoms with Crippen LogP contribution in [0.3, 0.4) is 0 Å². The van der Waals surface area contributed by atoms with E-state index in [0.29, 0.717) is 5.92 Å². The minimum absolute atomic E-state index is 0.712. The molecule has 3 heteroatoms. The molecule has 3 aromatic rings. The molecule has 1 radical (unpaired) electrons. The first-order valence-electron chi connectivity index (χ1n) is 13.8. The lowest BCUT2D eigenvalue weighted by Crippen LogP contribution is -2.02.